The Morgan fingerprint density at radius 1 is 0.907 bits per heavy atom. The van der Waals surface area contributed by atoms with Crippen molar-refractivity contribution in [2.75, 3.05) is 17.1 Å². The van der Waals surface area contributed by atoms with E-state index in [1.165, 1.54) is 4.90 Å². The first-order chi connectivity index (χ1) is 20.6. The lowest BCUT2D eigenvalue weighted by Gasteiger charge is -2.34. The Morgan fingerprint density at radius 3 is 2.09 bits per heavy atom. The summed E-state index contributed by atoms with van der Waals surface area (Å²) in [6, 6.07) is 19.8. The predicted molar refractivity (Wildman–Crippen MR) is 171 cm³/mol. The summed E-state index contributed by atoms with van der Waals surface area (Å²) in [6.45, 7) is 1.24. The molecule has 0 saturated heterocycles. The number of anilines is 1. The smallest absolute Gasteiger partial charge is 0.244 e. The van der Waals surface area contributed by atoms with Crippen molar-refractivity contribution in [2.24, 2.45) is 0 Å². The summed E-state index contributed by atoms with van der Waals surface area (Å²) < 4.78 is 32.8. The van der Waals surface area contributed by atoms with E-state index in [4.69, 9.17) is 27.9 Å². The normalized spacial score (nSPS) is 14.5. The predicted octanol–water partition coefficient (Wildman–Crippen LogP) is 6.81. The molecule has 1 unspecified atom stereocenters. The first kappa shape index (κ1) is 32.6. The van der Waals surface area contributed by atoms with Gasteiger partial charge in [0.05, 0.1) is 11.9 Å². The van der Waals surface area contributed by atoms with Gasteiger partial charge in [-0.05, 0) is 67.8 Å². The van der Waals surface area contributed by atoms with Gasteiger partial charge in [0.2, 0.25) is 21.8 Å². The molecule has 0 bridgehead atoms. The minimum Gasteiger partial charge on any atom is -0.457 e. The molecule has 1 saturated carbocycles. The van der Waals surface area contributed by atoms with Crippen molar-refractivity contribution in [1.29, 1.82) is 0 Å². The van der Waals surface area contributed by atoms with E-state index in [9.17, 15) is 18.0 Å². The van der Waals surface area contributed by atoms with Gasteiger partial charge in [-0.15, -0.1) is 0 Å². The molecule has 0 radical (unpaired) electrons. The molecule has 0 heterocycles. The van der Waals surface area contributed by atoms with Crippen LogP contribution in [0.5, 0.6) is 11.5 Å². The summed E-state index contributed by atoms with van der Waals surface area (Å²) in [5, 5.41) is 3.81. The molecule has 3 aromatic rings. The quantitative estimate of drug-likeness (QED) is 0.233. The largest absolute Gasteiger partial charge is 0.457 e. The molecule has 11 heteroatoms. The topological polar surface area (TPSA) is 96.0 Å². The van der Waals surface area contributed by atoms with Crippen LogP contribution in [0.1, 0.15) is 51.0 Å². The molecule has 2 amide bonds. The van der Waals surface area contributed by atoms with Crippen LogP contribution in [0.25, 0.3) is 0 Å². The van der Waals surface area contributed by atoms with Crippen molar-refractivity contribution >= 4 is 50.7 Å². The summed E-state index contributed by atoms with van der Waals surface area (Å²) in [5.41, 5.74) is 0.767. The van der Waals surface area contributed by atoms with E-state index in [1.807, 2.05) is 37.3 Å². The van der Waals surface area contributed by atoms with Crippen LogP contribution in [-0.2, 0) is 26.2 Å². The fraction of sp³-hybridized carbons (Fsp3) is 0.375. The van der Waals surface area contributed by atoms with Crippen LogP contribution >= 0.6 is 23.2 Å². The van der Waals surface area contributed by atoms with Crippen molar-refractivity contribution in [1.82, 2.24) is 10.2 Å². The first-order valence-electron chi connectivity index (χ1n) is 14.4. The molecule has 1 N–H and O–H groups in total. The molecule has 0 aliphatic heterocycles. The summed E-state index contributed by atoms with van der Waals surface area (Å²) in [6.07, 6.45) is 6.35. The van der Waals surface area contributed by atoms with Crippen LogP contribution in [0.15, 0.2) is 72.8 Å². The van der Waals surface area contributed by atoms with Gasteiger partial charge in [-0.3, -0.25) is 13.9 Å². The number of hydrogen-bond donors (Lipinski definition) is 1. The lowest BCUT2D eigenvalue weighted by molar-refractivity contribution is -0.140. The molecule has 8 nitrogen and oxygen atoms in total. The second kappa shape index (κ2) is 14.9. The number of halogens is 2. The van der Waals surface area contributed by atoms with Crippen molar-refractivity contribution in [3.05, 3.63) is 88.4 Å². The summed E-state index contributed by atoms with van der Waals surface area (Å²) in [5.74, 6) is 0.308. The zero-order chi connectivity index (χ0) is 31.0. The maximum Gasteiger partial charge on any atom is 0.244 e. The Morgan fingerprint density at radius 2 is 1.51 bits per heavy atom. The van der Waals surface area contributed by atoms with E-state index in [0.717, 1.165) is 42.7 Å². The van der Waals surface area contributed by atoms with E-state index < -0.39 is 28.5 Å². The third-order valence-corrected chi connectivity index (χ3v) is 9.36. The Kier molecular flexibility index (Phi) is 11.3. The molecule has 1 aliphatic rings. The van der Waals surface area contributed by atoms with Gasteiger partial charge in [0.15, 0.2) is 0 Å². The molecule has 0 aromatic heterocycles. The molecular formula is C32H37Cl2N3O5S. The monoisotopic (exact) mass is 645 g/mol. The van der Waals surface area contributed by atoms with Gasteiger partial charge in [-0.1, -0.05) is 73.7 Å². The van der Waals surface area contributed by atoms with Gasteiger partial charge in [0.25, 0.3) is 0 Å². The van der Waals surface area contributed by atoms with Crippen LogP contribution < -0.4 is 14.4 Å². The standard InChI is InChI=1S/C32H37Cl2N3O5S/c1-3-30(32(39)35-23-11-6-4-7-12-23)36(21-27-28(33)15-10-16-29(27)34)31(38)22-37(43(2,40)41)24-17-19-26(20-18-24)42-25-13-8-5-9-14-25/h5,8-10,13-20,23,30H,3-4,6-7,11-12,21-22H2,1-2H3,(H,35,39). The van der Waals surface area contributed by atoms with E-state index in [2.05, 4.69) is 5.32 Å². The molecule has 1 fully saturated rings. The number of benzene rings is 3. The minimum absolute atomic E-state index is 0.0419. The number of nitrogens with zero attached hydrogens (tertiary/aromatic N) is 2. The van der Waals surface area contributed by atoms with E-state index in [0.29, 0.717) is 33.5 Å². The minimum atomic E-state index is -3.89. The number of ether oxygens (including phenoxy) is 1. The SMILES string of the molecule is CCC(C(=O)NC1CCCCC1)N(Cc1c(Cl)cccc1Cl)C(=O)CN(c1ccc(Oc2ccccc2)cc1)S(C)(=O)=O. The highest BCUT2D eigenvalue weighted by atomic mass is 35.5. The Labute approximate surface area is 264 Å². The molecule has 1 aliphatic carbocycles. The summed E-state index contributed by atoms with van der Waals surface area (Å²) in [7, 11) is -3.89. The Bertz CT molecular complexity index is 1480. The van der Waals surface area contributed by atoms with E-state index >= 15 is 0 Å². The molecule has 1 atom stereocenters. The van der Waals surface area contributed by atoms with Crippen LogP contribution in [0.4, 0.5) is 5.69 Å². The number of hydrogen-bond acceptors (Lipinski definition) is 5. The highest BCUT2D eigenvalue weighted by molar-refractivity contribution is 7.92. The number of rotatable bonds is 12. The Balaban J connectivity index is 1.61. The average Bonchev–Trinajstić information content (AvgIpc) is 2.98. The summed E-state index contributed by atoms with van der Waals surface area (Å²) in [4.78, 5) is 29.0. The number of carbonyl (C=O) groups is 2. The summed E-state index contributed by atoms with van der Waals surface area (Å²) >= 11 is 12.9. The molecule has 43 heavy (non-hydrogen) atoms. The van der Waals surface area contributed by atoms with Crippen LogP contribution in [0, 0.1) is 0 Å². The number of sulfonamides is 1. The second-order valence-corrected chi connectivity index (χ2v) is 13.4. The van der Waals surface area contributed by atoms with Crippen molar-refractivity contribution in [3.63, 3.8) is 0 Å². The second-order valence-electron chi connectivity index (χ2n) is 10.7. The molecule has 3 aromatic carbocycles. The van der Waals surface area contributed by atoms with E-state index in [1.54, 1.807) is 42.5 Å². The van der Waals surface area contributed by atoms with Gasteiger partial charge >= 0.3 is 0 Å². The van der Waals surface area contributed by atoms with Gasteiger partial charge < -0.3 is 15.0 Å². The lowest BCUT2D eigenvalue weighted by atomic mass is 9.95. The molecule has 230 valence electrons. The van der Waals surface area contributed by atoms with E-state index in [-0.39, 0.29) is 24.2 Å². The fourth-order valence-electron chi connectivity index (χ4n) is 5.24. The van der Waals surface area contributed by atoms with Crippen LogP contribution in [-0.4, -0.2) is 50.0 Å². The lowest BCUT2D eigenvalue weighted by Crippen LogP contribution is -2.54. The average molecular weight is 647 g/mol. The zero-order valence-electron chi connectivity index (χ0n) is 24.3. The maximum atomic E-state index is 14.0. The third kappa shape index (κ3) is 8.87. The molecular weight excluding hydrogens is 609 g/mol. The van der Waals surface area contributed by atoms with Crippen molar-refractivity contribution in [3.8, 4) is 11.5 Å². The van der Waals surface area contributed by atoms with Gasteiger partial charge in [-0.2, -0.15) is 0 Å². The maximum absolute atomic E-state index is 14.0. The van der Waals surface area contributed by atoms with Crippen LogP contribution in [0.2, 0.25) is 10.0 Å². The highest BCUT2D eigenvalue weighted by Crippen LogP contribution is 2.29. The molecule has 0 spiro atoms. The number of para-hydroxylation sites is 1. The number of nitrogens with one attached hydrogen (secondary N) is 1. The third-order valence-electron chi connectivity index (χ3n) is 7.51. The van der Waals surface area contributed by atoms with Gasteiger partial charge in [0, 0.05) is 28.2 Å². The highest BCUT2D eigenvalue weighted by Gasteiger charge is 2.33. The Hall–Kier alpha value is -3.27. The first-order valence-corrected chi connectivity index (χ1v) is 17.0. The van der Waals surface area contributed by atoms with Gasteiger partial charge in [-0.25, -0.2) is 8.42 Å². The fourth-order valence-corrected chi connectivity index (χ4v) is 6.60. The zero-order valence-corrected chi connectivity index (χ0v) is 26.7. The number of carbonyl (C=O) groups excluding carboxylic acids is 2. The van der Waals surface area contributed by atoms with Crippen LogP contribution in [0.3, 0.4) is 0 Å². The van der Waals surface area contributed by atoms with Crippen molar-refractivity contribution < 1.29 is 22.7 Å². The number of amides is 2. The van der Waals surface area contributed by atoms with Crippen molar-refractivity contribution in [2.45, 2.75) is 64.1 Å². The van der Waals surface area contributed by atoms with Gasteiger partial charge in [0.1, 0.15) is 24.1 Å². The molecule has 4 rings (SSSR count).